The summed E-state index contributed by atoms with van der Waals surface area (Å²) in [6.07, 6.45) is 0.498. The molecule has 0 aromatic heterocycles. The number of carbonyl (C=O) groups is 9. The summed E-state index contributed by atoms with van der Waals surface area (Å²) in [7, 11) is 0. The zero-order chi connectivity index (χ0) is 48.6. The van der Waals surface area contributed by atoms with Gasteiger partial charge in [0.15, 0.2) is 0 Å². The lowest BCUT2D eigenvalue weighted by atomic mass is 9.96. The van der Waals surface area contributed by atoms with Gasteiger partial charge in [0.2, 0.25) is 17.7 Å². The number of phenols is 2. The number of benzene rings is 2. The van der Waals surface area contributed by atoms with E-state index >= 15 is 0 Å². The molecule has 0 spiro atoms. The van der Waals surface area contributed by atoms with E-state index in [2.05, 4.69) is 16.0 Å². The number of ketones is 1. The number of rotatable bonds is 33. The molecule has 0 fully saturated rings. The average molecular weight is 916 g/mol. The van der Waals surface area contributed by atoms with Gasteiger partial charge in [-0.3, -0.25) is 48.2 Å². The van der Waals surface area contributed by atoms with Crippen LogP contribution < -0.4 is 16.0 Å². The molecule has 0 saturated heterocycles. The van der Waals surface area contributed by atoms with E-state index in [0.717, 1.165) is 0 Å². The molecule has 3 amide bonds. The van der Waals surface area contributed by atoms with E-state index in [1.807, 2.05) is 0 Å². The molecule has 0 bridgehead atoms. The Labute approximate surface area is 375 Å². The summed E-state index contributed by atoms with van der Waals surface area (Å²) < 4.78 is 0. The van der Waals surface area contributed by atoms with Gasteiger partial charge in [-0.15, -0.1) is 0 Å². The van der Waals surface area contributed by atoms with Crippen LogP contribution in [0.3, 0.4) is 0 Å². The number of hydrogen-bond acceptors (Lipinski definition) is 13. The quantitative estimate of drug-likeness (QED) is 0.0455. The highest BCUT2D eigenvalue weighted by Crippen LogP contribution is 2.27. The Hall–Kier alpha value is -6.61. The second kappa shape index (κ2) is 28.2. The predicted octanol–water partition coefficient (Wildman–Crippen LogP) is 1.65. The van der Waals surface area contributed by atoms with Crippen LogP contribution in [-0.4, -0.2) is 144 Å². The van der Waals surface area contributed by atoms with Crippen LogP contribution >= 0.6 is 0 Å². The standard InChI is InChI=1S/C44H61N5O16/c1-27-19-30(7-11-37(53)45-15-4-3-5-36(52)46-16-14-31(28(2)50)22-38(54)47-34(44(64)65)9-13-40(57)58)21-33(43(27)63)24-49(26-42(61)62)18-17-48(25-41(59)60)23-32-20-29(6-10-35(32)51)8-12-39(55)56/h6,10,19-21,31,34,51,63H,3-5,7-9,11-18,22-26H2,1-2H3,(H,45,53)(H,46,52)(H,47,54)(H,55,56)(H,57,58)(H,59,60)(H,61,62)(H,64,65)/t31-,34+/m1/s1. The first-order chi connectivity index (χ1) is 30.6. The number of amides is 3. The molecule has 358 valence electrons. The van der Waals surface area contributed by atoms with Gasteiger partial charge in [-0.2, -0.15) is 0 Å². The molecule has 10 N–H and O–H groups in total. The Morgan fingerprint density at radius 2 is 1.18 bits per heavy atom. The second-order valence-electron chi connectivity index (χ2n) is 15.8. The summed E-state index contributed by atoms with van der Waals surface area (Å²) in [5.41, 5.74) is 2.61. The SMILES string of the molecule is CC(=O)[C@H](CCNC(=O)CCCCNC(=O)CCc1cc(C)c(O)c(CN(CCN(CC(=O)O)Cc2cc(CCC(=O)O)ccc2O)CC(=O)O)c1)CC(=O)N[C@@H](CCC(=O)O)C(=O)O. The number of phenolic OH excluding ortho intramolecular Hbond substituents is 2. The van der Waals surface area contributed by atoms with E-state index < -0.39 is 67.2 Å². The van der Waals surface area contributed by atoms with Crippen molar-refractivity contribution in [2.24, 2.45) is 5.92 Å². The van der Waals surface area contributed by atoms with Crippen molar-refractivity contribution in [2.45, 2.75) is 104 Å². The summed E-state index contributed by atoms with van der Waals surface area (Å²) in [5, 5.41) is 75.4. The largest absolute Gasteiger partial charge is 0.508 e. The normalized spacial score (nSPS) is 12.0. The van der Waals surface area contributed by atoms with Gasteiger partial charge < -0.3 is 51.7 Å². The maximum atomic E-state index is 12.7. The Bertz CT molecular complexity index is 2010. The number of unbranched alkanes of at least 4 members (excludes halogenated alkanes) is 1. The maximum absolute atomic E-state index is 12.7. The van der Waals surface area contributed by atoms with Crippen molar-refractivity contribution in [1.82, 2.24) is 25.8 Å². The third-order valence-electron chi connectivity index (χ3n) is 10.3. The van der Waals surface area contributed by atoms with E-state index in [9.17, 15) is 68.7 Å². The van der Waals surface area contributed by atoms with Crippen LogP contribution in [0.5, 0.6) is 11.5 Å². The topological polar surface area (TPSA) is 338 Å². The van der Waals surface area contributed by atoms with Gasteiger partial charge in [0.05, 0.1) is 13.1 Å². The fourth-order valence-electron chi connectivity index (χ4n) is 6.86. The van der Waals surface area contributed by atoms with E-state index in [4.69, 9.17) is 10.2 Å². The van der Waals surface area contributed by atoms with E-state index in [1.165, 1.54) is 22.8 Å². The van der Waals surface area contributed by atoms with Gasteiger partial charge >= 0.3 is 29.8 Å². The molecule has 2 atom stereocenters. The zero-order valence-corrected chi connectivity index (χ0v) is 36.7. The highest BCUT2D eigenvalue weighted by atomic mass is 16.4. The smallest absolute Gasteiger partial charge is 0.326 e. The highest BCUT2D eigenvalue weighted by Gasteiger charge is 2.25. The molecule has 0 heterocycles. The van der Waals surface area contributed by atoms with Crippen LogP contribution in [0.25, 0.3) is 0 Å². The molecule has 0 saturated carbocycles. The molecule has 65 heavy (non-hydrogen) atoms. The van der Waals surface area contributed by atoms with Crippen molar-refractivity contribution in [3.8, 4) is 11.5 Å². The lowest BCUT2D eigenvalue weighted by molar-refractivity contribution is -0.143. The van der Waals surface area contributed by atoms with E-state index in [-0.39, 0.29) is 120 Å². The molecule has 2 aromatic carbocycles. The third-order valence-corrected chi connectivity index (χ3v) is 10.3. The lowest BCUT2D eigenvalue weighted by Crippen LogP contribution is -2.42. The van der Waals surface area contributed by atoms with Crippen LogP contribution in [-0.2, 0) is 69.1 Å². The molecule has 21 nitrogen and oxygen atoms in total. The van der Waals surface area contributed by atoms with Gasteiger partial charge in [0.1, 0.15) is 23.3 Å². The fraction of sp³-hybridized carbons (Fsp3) is 0.523. The number of nitrogens with one attached hydrogen (secondary N) is 3. The minimum absolute atomic E-state index is 0.0201. The molecule has 2 rings (SSSR count). The van der Waals surface area contributed by atoms with Gasteiger partial charge in [-0.05, 0) is 75.1 Å². The number of carboxylic acids is 5. The summed E-state index contributed by atoms with van der Waals surface area (Å²) in [6, 6.07) is 6.55. The van der Waals surface area contributed by atoms with Crippen molar-refractivity contribution >= 4 is 53.4 Å². The molecule has 0 unspecified atom stereocenters. The minimum atomic E-state index is -1.42. The molecule has 2 aromatic rings. The second-order valence-corrected chi connectivity index (χ2v) is 15.8. The van der Waals surface area contributed by atoms with Crippen molar-refractivity contribution < 1.29 is 78.9 Å². The van der Waals surface area contributed by atoms with Crippen LogP contribution in [0.2, 0.25) is 0 Å². The summed E-state index contributed by atoms with van der Waals surface area (Å²) >= 11 is 0. The molecule has 0 aliphatic rings. The number of carboxylic acid groups (broad SMARTS) is 5. The maximum Gasteiger partial charge on any atom is 0.326 e. The third kappa shape index (κ3) is 22.5. The minimum Gasteiger partial charge on any atom is -0.508 e. The Morgan fingerprint density at radius 1 is 0.615 bits per heavy atom. The molecule has 0 aliphatic heterocycles. The van der Waals surface area contributed by atoms with Gasteiger partial charge in [0.25, 0.3) is 0 Å². The molecular formula is C44H61N5O16. The summed E-state index contributed by atoms with van der Waals surface area (Å²) in [6.45, 7) is 2.50. The zero-order valence-electron chi connectivity index (χ0n) is 36.7. The van der Waals surface area contributed by atoms with Crippen LogP contribution in [0.4, 0.5) is 0 Å². The van der Waals surface area contributed by atoms with Crippen molar-refractivity contribution in [3.05, 3.63) is 58.1 Å². The number of aryl methyl sites for hydroxylation is 3. The molecular weight excluding hydrogens is 855 g/mol. The van der Waals surface area contributed by atoms with Crippen LogP contribution in [0.15, 0.2) is 30.3 Å². The first kappa shape index (κ1) is 54.5. The Balaban J connectivity index is 1.87. The average Bonchev–Trinajstić information content (AvgIpc) is 3.21. The summed E-state index contributed by atoms with van der Waals surface area (Å²) in [4.78, 5) is 109. The van der Waals surface area contributed by atoms with Gasteiger partial charge in [-0.1, -0.05) is 24.3 Å². The van der Waals surface area contributed by atoms with Gasteiger partial charge in [0, 0.05) is 88.4 Å². The number of aliphatic carboxylic acids is 5. The van der Waals surface area contributed by atoms with Crippen molar-refractivity contribution in [2.75, 3.05) is 39.3 Å². The molecule has 0 radical (unpaired) electrons. The number of nitrogens with zero attached hydrogens (tertiary/aromatic N) is 2. The molecule has 0 aliphatic carbocycles. The van der Waals surface area contributed by atoms with Crippen molar-refractivity contribution in [1.29, 1.82) is 0 Å². The Kier molecular flexibility index (Phi) is 23.7. The first-order valence-electron chi connectivity index (χ1n) is 21.1. The fourth-order valence-corrected chi connectivity index (χ4v) is 6.86. The van der Waals surface area contributed by atoms with E-state index in [1.54, 1.807) is 31.2 Å². The number of hydrogen-bond donors (Lipinski definition) is 10. The number of carbonyl (C=O) groups excluding carboxylic acids is 4. The number of Topliss-reactive ketones (excluding diaryl/α,β-unsaturated/α-hetero) is 1. The molecule has 21 heteroatoms. The van der Waals surface area contributed by atoms with Crippen molar-refractivity contribution in [3.63, 3.8) is 0 Å². The van der Waals surface area contributed by atoms with Gasteiger partial charge in [-0.25, -0.2) is 4.79 Å². The first-order valence-corrected chi connectivity index (χ1v) is 21.1. The monoisotopic (exact) mass is 915 g/mol. The Morgan fingerprint density at radius 3 is 1.77 bits per heavy atom. The lowest BCUT2D eigenvalue weighted by Gasteiger charge is -2.27. The highest BCUT2D eigenvalue weighted by molar-refractivity contribution is 5.88. The van der Waals surface area contributed by atoms with Crippen LogP contribution in [0, 0.1) is 12.8 Å². The predicted molar refractivity (Wildman–Crippen MR) is 231 cm³/mol. The van der Waals surface area contributed by atoms with Crippen LogP contribution in [0.1, 0.15) is 92.5 Å². The summed E-state index contributed by atoms with van der Waals surface area (Å²) in [5.74, 6) is -8.53. The van der Waals surface area contributed by atoms with E-state index in [0.29, 0.717) is 40.7 Å². The number of aromatic hydroxyl groups is 2.